The first-order valence-electron chi connectivity index (χ1n) is 9.17. The van der Waals surface area contributed by atoms with E-state index in [1.807, 2.05) is 0 Å². The molecule has 30 heavy (non-hydrogen) atoms. The third-order valence-electron chi connectivity index (χ3n) is 5.12. The van der Waals surface area contributed by atoms with E-state index in [0.29, 0.717) is 40.5 Å². The molecule has 0 spiro atoms. The fourth-order valence-corrected chi connectivity index (χ4v) is 4.34. The molecule has 0 aliphatic heterocycles. The van der Waals surface area contributed by atoms with Gasteiger partial charge in [-0.05, 0) is 18.6 Å². The van der Waals surface area contributed by atoms with Crippen LogP contribution in [-0.2, 0) is 12.1 Å². The van der Waals surface area contributed by atoms with Crippen molar-refractivity contribution in [1.29, 1.82) is 0 Å². The lowest BCUT2D eigenvalue weighted by molar-refractivity contribution is 0.155. The molecule has 1 aliphatic rings. The van der Waals surface area contributed by atoms with E-state index in [1.165, 1.54) is 12.3 Å². The maximum absolute atomic E-state index is 14.2. The molecule has 1 aliphatic carbocycles. The van der Waals surface area contributed by atoms with Gasteiger partial charge in [0.1, 0.15) is 34.9 Å². The van der Waals surface area contributed by atoms with Crippen molar-refractivity contribution >= 4 is 28.4 Å². The molecule has 0 amide bonds. The first-order valence-corrected chi connectivity index (χ1v) is 10.4. The van der Waals surface area contributed by atoms with Crippen LogP contribution in [0.1, 0.15) is 17.5 Å². The van der Waals surface area contributed by atoms with Gasteiger partial charge in [-0.15, -0.1) is 0 Å². The molecule has 2 unspecified atom stereocenters. The molecule has 5 rings (SSSR count). The Kier molecular flexibility index (Phi) is 4.54. The first-order chi connectivity index (χ1) is 14.5. The molecule has 3 N–H and O–H groups in total. The van der Waals surface area contributed by atoms with Crippen molar-refractivity contribution in [1.82, 2.24) is 24.9 Å². The number of benzene rings is 1. The Bertz CT molecular complexity index is 1230. The van der Waals surface area contributed by atoms with Gasteiger partial charge in [0.2, 0.25) is 0 Å². The molecule has 0 radical (unpaired) electrons. The van der Waals surface area contributed by atoms with Crippen LogP contribution in [0.3, 0.4) is 0 Å². The maximum Gasteiger partial charge on any atom is 0.182 e. The van der Waals surface area contributed by atoms with Crippen LogP contribution in [0.15, 0.2) is 53.4 Å². The van der Waals surface area contributed by atoms with Crippen LogP contribution in [0, 0.1) is 5.82 Å². The SMILES string of the molecule is Nc1nc(-c2cc(-c3ccon3)n(Cc3ccccc3F)n2)ncc1C1(O)CC1I. The molecule has 0 bridgehead atoms. The van der Waals surface area contributed by atoms with Crippen LogP contribution < -0.4 is 5.73 Å². The van der Waals surface area contributed by atoms with E-state index in [2.05, 4.69) is 42.8 Å². The highest BCUT2D eigenvalue weighted by Crippen LogP contribution is 2.52. The monoisotopic (exact) mass is 518 g/mol. The number of hydrogen-bond acceptors (Lipinski definition) is 7. The molecule has 2 atom stereocenters. The summed E-state index contributed by atoms with van der Waals surface area (Å²) in [4.78, 5) is 8.72. The number of nitrogens with two attached hydrogens (primary N) is 1. The number of anilines is 1. The van der Waals surface area contributed by atoms with Crippen LogP contribution in [0.25, 0.3) is 22.9 Å². The van der Waals surface area contributed by atoms with Gasteiger partial charge >= 0.3 is 0 Å². The zero-order chi connectivity index (χ0) is 20.9. The quantitative estimate of drug-likeness (QED) is 0.308. The summed E-state index contributed by atoms with van der Waals surface area (Å²) < 4.78 is 20.9. The molecule has 1 fully saturated rings. The van der Waals surface area contributed by atoms with Crippen LogP contribution in [0.5, 0.6) is 0 Å². The molecule has 152 valence electrons. The highest BCUT2D eigenvalue weighted by atomic mass is 127. The normalized spacial score (nSPS) is 20.4. The Labute approximate surface area is 184 Å². The van der Waals surface area contributed by atoms with Gasteiger partial charge in [0.05, 0.1) is 12.2 Å². The van der Waals surface area contributed by atoms with Crippen molar-refractivity contribution < 1.29 is 14.0 Å². The smallest absolute Gasteiger partial charge is 0.182 e. The Morgan fingerprint density at radius 2 is 2.10 bits per heavy atom. The third kappa shape index (κ3) is 3.25. The lowest BCUT2D eigenvalue weighted by Gasteiger charge is -2.11. The molecule has 3 aromatic heterocycles. The number of rotatable bonds is 5. The average Bonchev–Trinajstić information content (AvgIpc) is 3.14. The van der Waals surface area contributed by atoms with Crippen LogP contribution in [0.2, 0.25) is 0 Å². The number of aromatic nitrogens is 5. The van der Waals surface area contributed by atoms with E-state index in [0.717, 1.165) is 0 Å². The van der Waals surface area contributed by atoms with E-state index in [4.69, 9.17) is 10.3 Å². The van der Waals surface area contributed by atoms with Crippen molar-refractivity contribution in [3.63, 3.8) is 0 Å². The highest BCUT2D eigenvalue weighted by molar-refractivity contribution is 14.1. The number of alkyl halides is 1. The Morgan fingerprint density at radius 1 is 1.30 bits per heavy atom. The summed E-state index contributed by atoms with van der Waals surface area (Å²) in [6, 6.07) is 9.95. The molecule has 1 saturated carbocycles. The molecule has 10 heteroatoms. The zero-order valence-electron chi connectivity index (χ0n) is 15.5. The lowest BCUT2D eigenvalue weighted by atomic mass is 10.1. The number of halogens is 2. The van der Waals surface area contributed by atoms with Crippen molar-refractivity contribution in [2.45, 2.75) is 22.5 Å². The van der Waals surface area contributed by atoms with Gasteiger partial charge in [0.25, 0.3) is 0 Å². The van der Waals surface area contributed by atoms with Gasteiger partial charge in [0, 0.05) is 27.3 Å². The lowest BCUT2D eigenvalue weighted by Crippen LogP contribution is -2.14. The van der Waals surface area contributed by atoms with Gasteiger partial charge < -0.3 is 15.4 Å². The van der Waals surface area contributed by atoms with Gasteiger partial charge in [-0.1, -0.05) is 45.9 Å². The van der Waals surface area contributed by atoms with E-state index >= 15 is 0 Å². The predicted octanol–water partition coefficient (Wildman–Crippen LogP) is 3.16. The fraction of sp³-hybridized carbons (Fsp3) is 0.200. The number of nitrogens with zero attached hydrogens (tertiary/aromatic N) is 5. The summed E-state index contributed by atoms with van der Waals surface area (Å²) in [6.45, 7) is 0.193. The Balaban J connectivity index is 1.55. The second-order valence-corrected chi connectivity index (χ2v) is 8.64. The fourth-order valence-electron chi connectivity index (χ4n) is 3.33. The minimum Gasteiger partial charge on any atom is -0.384 e. The van der Waals surface area contributed by atoms with Crippen LogP contribution >= 0.6 is 22.6 Å². The minimum atomic E-state index is -0.973. The summed E-state index contributed by atoms with van der Waals surface area (Å²) in [5.74, 6) is 0.201. The van der Waals surface area contributed by atoms with Crippen molar-refractivity contribution in [3.8, 4) is 22.9 Å². The largest absolute Gasteiger partial charge is 0.384 e. The number of nitrogen functional groups attached to an aromatic ring is 1. The summed E-state index contributed by atoms with van der Waals surface area (Å²) >= 11 is 2.18. The van der Waals surface area contributed by atoms with Gasteiger partial charge in [-0.2, -0.15) is 5.10 Å². The molecule has 4 aromatic rings. The van der Waals surface area contributed by atoms with E-state index in [1.54, 1.807) is 41.2 Å². The van der Waals surface area contributed by atoms with Crippen molar-refractivity contribution in [2.24, 2.45) is 0 Å². The molecule has 1 aromatic carbocycles. The molecule has 8 nitrogen and oxygen atoms in total. The van der Waals surface area contributed by atoms with Crippen molar-refractivity contribution in [3.05, 3.63) is 65.8 Å². The maximum atomic E-state index is 14.2. The molecule has 3 heterocycles. The summed E-state index contributed by atoms with van der Waals surface area (Å²) in [6.07, 6.45) is 3.62. The number of aliphatic hydroxyl groups is 1. The van der Waals surface area contributed by atoms with Crippen molar-refractivity contribution in [2.75, 3.05) is 5.73 Å². The summed E-state index contributed by atoms with van der Waals surface area (Å²) in [5.41, 5.74) is 7.77. The zero-order valence-corrected chi connectivity index (χ0v) is 17.7. The highest BCUT2D eigenvalue weighted by Gasteiger charge is 2.54. The second kappa shape index (κ2) is 7.13. The molecular formula is C20H16FIN6O2. The Hall–Kier alpha value is -2.86. The topological polar surface area (TPSA) is 116 Å². The van der Waals surface area contributed by atoms with Gasteiger partial charge in [0.15, 0.2) is 5.82 Å². The standard InChI is InChI=1S/C20H16FIN6O2/c21-13-4-2-1-3-11(13)10-28-16(14-5-6-30-27-14)7-15(26-28)19-24-9-12(18(23)25-19)20(29)8-17(20)22/h1-7,9,17,29H,8,10H2,(H2,23,24,25). The minimum absolute atomic E-state index is 0.0885. The van der Waals surface area contributed by atoms with E-state index < -0.39 is 5.60 Å². The second-order valence-electron chi connectivity index (χ2n) is 7.14. The Morgan fingerprint density at radius 3 is 2.77 bits per heavy atom. The van der Waals surface area contributed by atoms with Gasteiger partial charge in [-0.3, -0.25) is 4.68 Å². The first kappa shape index (κ1) is 19.1. The molecular weight excluding hydrogens is 502 g/mol. The van der Waals surface area contributed by atoms with E-state index in [9.17, 15) is 9.50 Å². The van der Waals surface area contributed by atoms with Gasteiger partial charge in [-0.25, -0.2) is 14.4 Å². The summed E-state index contributed by atoms with van der Waals surface area (Å²) in [7, 11) is 0. The third-order valence-corrected chi connectivity index (χ3v) is 6.59. The van der Waals surface area contributed by atoms with Crippen LogP contribution in [0.4, 0.5) is 10.2 Å². The average molecular weight is 518 g/mol. The summed E-state index contributed by atoms with van der Waals surface area (Å²) in [5, 5.41) is 19.1. The molecule has 0 saturated heterocycles. The predicted molar refractivity (Wildman–Crippen MR) is 115 cm³/mol. The number of hydrogen-bond donors (Lipinski definition) is 2. The van der Waals surface area contributed by atoms with Crippen LogP contribution in [-0.4, -0.2) is 33.9 Å². The van der Waals surface area contributed by atoms with E-state index in [-0.39, 0.29) is 22.1 Å².